The Morgan fingerprint density at radius 2 is 1.96 bits per heavy atom. The lowest BCUT2D eigenvalue weighted by atomic mass is 9.89. The number of fused-ring (bicyclic) bond motifs is 1. The zero-order chi connectivity index (χ0) is 19.0. The summed E-state index contributed by atoms with van der Waals surface area (Å²) in [6.45, 7) is 2.02. The van der Waals surface area contributed by atoms with Crippen LogP contribution in [0.2, 0.25) is 0 Å². The Hall–Kier alpha value is -2.18. The Bertz CT molecular complexity index is 953. The Labute approximate surface area is 164 Å². The van der Waals surface area contributed by atoms with E-state index in [9.17, 15) is 5.11 Å². The fourth-order valence-corrected chi connectivity index (χ4v) is 4.92. The molecule has 142 valence electrons. The molecule has 1 fully saturated rings. The summed E-state index contributed by atoms with van der Waals surface area (Å²) >= 11 is 1.62. The lowest BCUT2D eigenvalue weighted by Gasteiger charge is -2.36. The van der Waals surface area contributed by atoms with Crippen molar-refractivity contribution < 1.29 is 5.11 Å². The van der Waals surface area contributed by atoms with Crippen molar-refractivity contribution in [3.05, 3.63) is 35.2 Å². The summed E-state index contributed by atoms with van der Waals surface area (Å²) in [5, 5.41) is 26.0. The number of benzene rings is 1. The number of hydrogen-bond acceptors (Lipinski definition) is 6. The molecule has 0 saturated heterocycles. The number of hydrogen-bond donors (Lipinski definition) is 2. The van der Waals surface area contributed by atoms with E-state index in [1.54, 1.807) is 11.3 Å². The summed E-state index contributed by atoms with van der Waals surface area (Å²) < 4.78 is 1.08. The minimum atomic E-state index is 0.284. The number of rotatable bonds is 4. The number of aryl methyl sites for hydroxylation is 1. The first-order valence-corrected chi connectivity index (χ1v) is 10.4. The minimum absolute atomic E-state index is 0.284. The number of phenols is 1. The van der Waals surface area contributed by atoms with Crippen molar-refractivity contribution in [3.63, 3.8) is 0 Å². The van der Waals surface area contributed by atoms with Crippen molar-refractivity contribution >= 4 is 27.2 Å². The summed E-state index contributed by atoms with van der Waals surface area (Å²) in [6.07, 6.45) is 4.90. The van der Waals surface area contributed by atoms with Crippen LogP contribution in [0, 0.1) is 6.92 Å². The van der Waals surface area contributed by atoms with E-state index < -0.39 is 0 Å². The highest BCUT2D eigenvalue weighted by Gasteiger charge is 2.27. The van der Waals surface area contributed by atoms with Crippen LogP contribution in [0.1, 0.15) is 31.2 Å². The van der Waals surface area contributed by atoms with Gasteiger partial charge in [0.15, 0.2) is 0 Å². The van der Waals surface area contributed by atoms with Crippen molar-refractivity contribution in [2.45, 2.75) is 44.7 Å². The Kier molecular flexibility index (Phi) is 5.02. The summed E-state index contributed by atoms with van der Waals surface area (Å²) in [7, 11) is 4.29. The first-order valence-electron chi connectivity index (χ1n) is 9.51. The smallest absolute Gasteiger partial charge is 0.149 e. The molecule has 0 bridgehead atoms. The van der Waals surface area contributed by atoms with Crippen molar-refractivity contribution in [3.8, 4) is 17.0 Å². The molecule has 2 N–H and O–H groups in total. The Morgan fingerprint density at radius 1 is 1.15 bits per heavy atom. The second-order valence-corrected chi connectivity index (χ2v) is 8.57. The Morgan fingerprint density at radius 3 is 2.74 bits per heavy atom. The molecule has 1 aliphatic rings. The van der Waals surface area contributed by atoms with Crippen molar-refractivity contribution in [2.75, 3.05) is 19.4 Å². The van der Waals surface area contributed by atoms with Crippen LogP contribution in [0.3, 0.4) is 0 Å². The van der Waals surface area contributed by atoms with E-state index in [2.05, 4.69) is 34.5 Å². The molecule has 2 atom stereocenters. The van der Waals surface area contributed by atoms with Crippen LogP contribution in [-0.4, -0.2) is 46.4 Å². The number of nitrogens with zero attached hydrogens (tertiary/aromatic N) is 3. The third kappa shape index (κ3) is 3.51. The van der Waals surface area contributed by atoms with Crippen LogP contribution in [0.5, 0.6) is 5.75 Å². The zero-order valence-electron chi connectivity index (χ0n) is 16.1. The third-order valence-electron chi connectivity index (χ3n) is 5.57. The van der Waals surface area contributed by atoms with Crippen LogP contribution in [-0.2, 0) is 0 Å². The number of nitrogens with one attached hydrogen (secondary N) is 1. The summed E-state index contributed by atoms with van der Waals surface area (Å²) in [6, 6.07) is 8.87. The van der Waals surface area contributed by atoms with Gasteiger partial charge in [0, 0.05) is 27.7 Å². The molecule has 1 aromatic carbocycles. The maximum absolute atomic E-state index is 10.7. The van der Waals surface area contributed by atoms with E-state index in [1.807, 2.05) is 36.6 Å². The summed E-state index contributed by atoms with van der Waals surface area (Å²) in [4.78, 5) is 2.31. The molecule has 4 rings (SSSR count). The van der Waals surface area contributed by atoms with Gasteiger partial charge < -0.3 is 15.3 Å². The second-order valence-electron chi connectivity index (χ2n) is 7.62. The van der Waals surface area contributed by atoms with Crippen LogP contribution >= 0.6 is 11.3 Å². The predicted molar refractivity (Wildman–Crippen MR) is 113 cm³/mol. The monoisotopic (exact) mass is 382 g/mol. The van der Waals surface area contributed by atoms with Gasteiger partial charge in [-0.25, -0.2) is 0 Å². The highest BCUT2D eigenvalue weighted by Crippen LogP contribution is 2.38. The number of phenolic OH excluding ortho intramolecular Hbond substituents is 1. The van der Waals surface area contributed by atoms with E-state index >= 15 is 0 Å². The van der Waals surface area contributed by atoms with Gasteiger partial charge in [0.1, 0.15) is 11.6 Å². The van der Waals surface area contributed by atoms with Gasteiger partial charge in [-0.3, -0.25) is 0 Å². The largest absolute Gasteiger partial charge is 0.507 e. The van der Waals surface area contributed by atoms with Gasteiger partial charge in [-0.15, -0.1) is 21.5 Å². The molecule has 1 saturated carbocycles. The average molecular weight is 383 g/mol. The van der Waals surface area contributed by atoms with E-state index in [0.717, 1.165) is 39.1 Å². The van der Waals surface area contributed by atoms with Gasteiger partial charge >= 0.3 is 0 Å². The van der Waals surface area contributed by atoms with Crippen LogP contribution < -0.4 is 5.32 Å². The summed E-state index contributed by atoms with van der Waals surface area (Å²) in [5.41, 5.74) is 2.48. The average Bonchev–Trinajstić information content (AvgIpc) is 3.13. The number of anilines is 1. The number of aromatic nitrogens is 2. The number of likely N-dealkylation sites (N-methyl/N-ethyl adjacent to an activating group) is 1. The SMILES string of the molecule is Cc1cc(NC2CCCCC2N(C)C)nnc1-c1ccc2sccc2c1O. The van der Waals surface area contributed by atoms with Gasteiger partial charge in [0.25, 0.3) is 0 Å². The fourth-order valence-electron chi connectivity index (χ4n) is 4.13. The molecule has 2 unspecified atom stereocenters. The molecule has 0 radical (unpaired) electrons. The topological polar surface area (TPSA) is 61.3 Å². The van der Waals surface area contributed by atoms with Crippen molar-refractivity contribution in [1.29, 1.82) is 0 Å². The predicted octanol–water partition coefficient (Wildman–Crippen LogP) is 4.66. The third-order valence-corrected chi connectivity index (χ3v) is 6.45. The Balaban J connectivity index is 1.61. The standard InChI is InChI=1S/C21H26N4OS/c1-13-12-19(22-16-6-4-5-7-17(16)25(2)3)23-24-20(13)15-8-9-18-14(21(15)26)10-11-27-18/h8-12,16-17,26H,4-7H2,1-3H3,(H,22,23). The maximum Gasteiger partial charge on any atom is 0.149 e. The molecular weight excluding hydrogens is 356 g/mol. The lowest BCUT2D eigenvalue weighted by molar-refractivity contribution is 0.211. The fraction of sp³-hybridized carbons (Fsp3) is 0.429. The molecule has 0 aliphatic heterocycles. The minimum Gasteiger partial charge on any atom is -0.507 e. The van der Waals surface area contributed by atoms with Crippen molar-refractivity contribution in [2.24, 2.45) is 0 Å². The molecular formula is C21H26N4OS. The quantitative estimate of drug-likeness (QED) is 0.687. The number of aromatic hydroxyl groups is 1. The van der Waals surface area contributed by atoms with E-state index in [0.29, 0.717) is 12.1 Å². The van der Waals surface area contributed by atoms with E-state index in [1.165, 1.54) is 19.3 Å². The van der Waals surface area contributed by atoms with Gasteiger partial charge in [-0.05, 0) is 69.1 Å². The highest BCUT2D eigenvalue weighted by molar-refractivity contribution is 7.17. The molecule has 1 aliphatic carbocycles. The zero-order valence-corrected chi connectivity index (χ0v) is 16.9. The first kappa shape index (κ1) is 18.2. The molecule has 0 amide bonds. The molecule has 5 nitrogen and oxygen atoms in total. The lowest BCUT2D eigenvalue weighted by Crippen LogP contribution is -2.45. The van der Waals surface area contributed by atoms with Gasteiger partial charge in [0.2, 0.25) is 0 Å². The second kappa shape index (κ2) is 7.44. The summed E-state index contributed by atoms with van der Waals surface area (Å²) in [5.74, 6) is 1.10. The van der Waals surface area contributed by atoms with Gasteiger partial charge in [0.05, 0.1) is 5.69 Å². The normalized spacial score (nSPS) is 20.3. The number of thiophene rings is 1. The molecule has 6 heteroatoms. The van der Waals surface area contributed by atoms with Crippen LogP contribution in [0.4, 0.5) is 5.82 Å². The van der Waals surface area contributed by atoms with E-state index in [-0.39, 0.29) is 5.75 Å². The maximum atomic E-state index is 10.7. The van der Waals surface area contributed by atoms with Gasteiger partial charge in [-0.2, -0.15) is 0 Å². The van der Waals surface area contributed by atoms with Crippen LogP contribution in [0.15, 0.2) is 29.6 Å². The molecule has 2 aromatic heterocycles. The molecule has 27 heavy (non-hydrogen) atoms. The highest BCUT2D eigenvalue weighted by atomic mass is 32.1. The van der Waals surface area contributed by atoms with Crippen molar-refractivity contribution in [1.82, 2.24) is 15.1 Å². The molecule has 0 spiro atoms. The first-order chi connectivity index (χ1) is 13.0. The van der Waals surface area contributed by atoms with E-state index in [4.69, 9.17) is 0 Å². The molecule has 2 heterocycles. The molecule has 3 aromatic rings. The van der Waals surface area contributed by atoms with Crippen LogP contribution in [0.25, 0.3) is 21.3 Å². The van der Waals surface area contributed by atoms with Gasteiger partial charge in [-0.1, -0.05) is 12.8 Å².